The van der Waals surface area contributed by atoms with Crippen molar-refractivity contribution >= 4 is 5.82 Å². The molecule has 0 bridgehead atoms. The van der Waals surface area contributed by atoms with Crippen LogP contribution in [0.25, 0.3) is 10.4 Å². The summed E-state index contributed by atoms with van der Waals surface area (Å²) in [5.74, 6) is 0.210. The number of rotatable bonds is 4. The third kappa shape index (κ3) is 2.80. The third-order valence-electron chi connectivity index (χ3n) is 1.62. The van der Waals surface area contributed by atoms with E-state index in [0.29, 0.717) is 19.5 Å². The Morgan fingerprint density at radius 2 is 2.50 bits per heavy atom. The van der Waals surface area contributed by atoms with Crippen LogP contribution in [0.5, 0.6) is 0 Å². The molecule has 14 heavy (non-hydrogen) atoms. The zero-order chi connectivity index (χ0) is 10.4. The van der Waals surface area contributed by atoms with Crippen molar-refractivity contribution in [3.05, 3.63) is 33.2 Å². The fourth-order valence-electron chi connectivity index (χ4n) is 0.969. The largest absolute Gasteiger partial charge is 0.383 e. The van der Waals surface area contributed by atoms with Crippen LogP contribution in [0.1, 0.15) is 6.42 Å². The summed E-state index contributed by atoms with van der Waals surface area (Å²) in [6.07, 6.45) is 2.18. The number of aromatic nitrogens is 2. The van der Waals surface area contributed by atoms with Gasteiger partial charge >= 0.3 is 5.69 Å². The van der Waals surface area contributed by atoms with E-state index in [0.717, 1.165) is 0 Å². The number of aryl methyl sites for hydroxylation is 1. The maximum atomic E-state index is 11.2. The predicted molar refractivity (Wildman–Crippen MR) is 51.5 cm³/mol. The lowest BCUT2D eigenvalue weighted by Crippen LogP contribution is -2.23. The van der Waals surface area contributed by atoms with Gasteiger partial charge in [0.2, 0.25) is 0 Å². The Balaban J connectivity index is 2.59. The highest BCUT2D eigenvalue weighted by molar-refractivity contribution is 5.23. The number of hydrogen-bond acceptors (Lipinski definition) is 4. The first-order valence-corrected chi connectivity index (χ1v) is 4.08. The Bertz CT molecular complexity index is 405. The molecule has 0 aliphatic rings. The summed E-state index contributed by atoms with van der Waals surface area (Å²) in [5.41, 5.74) is 12.9. The minimum Gasteiger partial charge on any atom is -0.383 e. The van der Waals surface area contributed by atoms with Crippen molar-refractivity contribution in [2.45, 2.75) is 13.0 Å². The molecule has 0 spiro atoms. The van der Waals surface area contributed by atoms with E-state index in [4.69, 9.17) is 11.3 Å². The minimum atomic E-state index is -0.383. The molecular formula is C7H10N6O. The topological polar surface area (TPSA) is 110 Å². The molecule has 0 radical (unpaired) electrons. The van der Waals surface area contributed by atoms with Crippen LogP contribution >= 0.6 is 0 Å². The number of nitrogen functional groups attached to an aromatic ring is 1. The van der Waals surface area contributed by atoms with Crippen molar-refractivity contribution in [1.29, 1.82) is 0 Å². The van der Waals surface area contributed by atoms with Gasteiger partial charge in [0.1, 0.15) is 5.82 Å². The Morgan fingerprint density at radius 3 is 3.14 bits per heavy atom. The summed E-state index contributed by atoms with van der Waals surface area (Å²) in [7, 11) is 0. The van der Waals surface area contributed by atoms with Crippen LogP contribution < -0.4 is 11.4 Å². The van der Waals surface area contributed by atoms with Crippen LogP contribution in [0.15, 0.2) is 22.2 Å². The highest BCUT2D eigenvalue weighted by atomic mass is 16.1. The molecule has 0 amide bonds. The zero-order valence-corrected chi connectivity index (χ0v) is 7.50. The molecule has 0 saturated heterocycles. The van der Waals surface area contributed by atoms with Gasteiger partial charge in [0.15, 0.2) is 0 Å². The lowest BCUT2D eigenvalue weighted by molar-refractivity contribution is 0.614. The molecule has 0 saturated carbocycles. The number of hydrogen-bond donors (Lipinski definition) is 1. The first-order chi connectivity index (χ1) is 6.74. The molecule has 0 aliphatic carbocycles. The molecule has 0 atom stereocenters. The molecule has 1 aromatic heterocycles. The minimum absolute atomic E-state index is 0.210. The van der Waals surface area contributed by atoms with Gasteiger partial charge in [-0.1, -0.05) is 5.11 Å². The van der Waals surface area contributed by atoms with E-state index < -0.39 is 0 Å². The standard InChI is InChI=1S/C7H10N6O/c8-6-2-5-13(7(14)11-6)4-1-3-10-12-9/h2,5H,1,3-4H2,(H2,8,11,14). The Morgan fingerprint density at radius 1 is 1.71 bits per heavy atom. The van der Waals surface area contributed by atoms with Crippen LogP contribution in [0.3, 0.4) is 0 Å². The number of nitrogens with zero attached hydrogens (tertiary/aromatic N) is 5. The van der Waals surface area contributed by atoms with E-state index in [1.807, 2.05) is 0 Å². The van der Waals surface area contributed by atoms with Gasteiger partial charge in [-0.25, -0.2) is 4.79 Å². The van der Waals surface area contributed by atoms with Crippen LogP contribution in [0.2, 0.25) is 0 Å². The second-order valence-electron chi connectivity index (χ2n) is 2.64. The number of anilines is 1. The van der Waals surface area contributed by atoms with Crippen molar-refractivity contribution in [3.8, 4) is 0 Å². The predicted octanol–water partition coefficient (Wildman–Crippen LogP) is 0.526. The Kier molecular flexibility index (Phi) is 3.51. The molecule has 74 valence electrons. The van der Waals surface area contributed by atoms with Gasteiger partial charge in [-0.2, -0.15) is 4.98 Å². The van der Waals surface area contributed by atoms with E-state index in [2.05, 4.69) is 15.0 Å². The zero-order valence-electron chi connectivity index (χ0n) is 7.50. The average molecular weight is 194 g/mol. The van der Waals surface area contributed by atoms with Gasteiger partial charge in [0.25, 0.3) is 0 Å². The second kappa shape index (κ2) is 4.88. The molecule has 1 rings (SSSR count). The first kappa shape index (κ1) is 10.1. The van der Waals surface area contributed by atoms with Gasteiger partial charge in [-0.15, -0.1) is 0 Å². The summed E-state index contributed by atoms with van der Waals surface area (Å²) < 4.78 is 1.42. The summed E-state index contributed by atoms with van der Waals surface area (Å²) in [4.78, 5) is 17.3. The average Bonchev–Trinajstić information content (AvgIpc) is 2.15. The molecule has 0 fully saturated rings. The number of azide groups is 1. The molecule has 0 unspecified atom stereocenters. The van der Waals surface area contributed by atoms with E-state index in [1.165, 1.54) is 4.57 Å². The SMILES string of the molecule is [N-]=[N+]=NCCCn1ccc(N)nc1=O. The molecule has 2 N–H and O–H groups in total. The lowest BCUT2D eigenvalue weighted by Gasteiger charge is -2.02. The van der Waals surface area contributed by atoms with Crippen molar-refractivity contribution in [1.82, 2.24) is 9.55 Å². The summed E-state index contributed by atoms with van der Waals surface area (Å²) in [6, 6.07) is 1.55. The van der Waals surface area contributed by atoms with Crippen LogP contribution in [0, 0.1) is 0 Å². The van der Waals surface area contributed by atoms with Gasteiger partial charge in [0, 0.05) is 24.2 Å². The molecule has 7 heteroatoms. The smallest absolute Gasteiger partial charge is 0.349 e. The quantitative estimate of drug-likeness (QED) is 0.326. The van der Waals surface area contributed by atoms with E-state index in [9.17, 15) is 4.79 Å². The molecule has 1 heterocycles. The molecule has 0 aliphatic heterocycles. The highest BCUT2D eigenvalue weighted by Crippen LogP contribution is 1.92. The summed E-state index contributed by atoms with van der Waals surface area (Å²) >= 11 is 0. The van der Waals surface area contributed by atoms with Crippen molar-refractivity contribution in [2.24, 2.45) is 5.11 Å². The van der Waals surface area contributed by atoms with E-state index in [-0.39, 0.29) is 11.5 Å². The molecular weight excluding hydrogens is 184 g/mol. The van der Waals surface area contributed by atoms with Crippen LogP contribution in [-0.4, -0.2) is 16.1 Å². The van der Waals surface area contributed by atoms with E-state index >= 15 is 0 Å². The lowest BCUT2D eigenvalue weighted by atomic mass is 10.4. The maximum Gasteiger partial charge on any atom is 0.349 e. The van der Waals surface area contributed by atoms with Crippen LogP contribution in [0.4, 0.5) is 5.82 Å². The normalized spacial score (nSPS) is 9.43. The fraction of sp³-hybridized carbons (Fsp3) is 0.429. The Hall–Kier alpha value is -2.01. The second-order valence-corrected chi connectivity index (χ2v) is 2.64. The first-order valence-electron chi connectivity index (χ1n) is 4.08. The fourth-order valence-corrected chi connectivity index (χ4v) is 0.969. The van der Waals surface area contributed by atoms with Crippen molar-refractivity contribution in [3.63, 3.8) is 0 Å². The molecule has 0 aromatic carbocycles. The summed E-state index contributed by atoms with van der Waals surface area (Å²) in [5, 5.41) is 3.35. The molecule has 1 aromatic rings. The van der Waals surface area contributed by atoms with Gasteiger partial charge < -0.3 is 5.73 Å². The van der Waals surface area contributed by atoms with Gasteiger partial charge in [-0.05, 0) is 18.0 Å². The maximum absolute atomic E-state index is 11.2. The summed E-state index contributed by atoms with van der Waals surface area (Å²) in [6.45, 7) is 0.846. The monoisotopic (exact) mass is 194 g/mol. The molecule has 7 nitrogen and oxygen atoms in total. The van der Waals surface area contributed by atoms with Gasteiger partial charge in [0.05, 0.1) is 0 Å². The Labute approximate surface area is 79.8 Å². The van der Waals surface area contributed by atoms with E-state index in [1.54, 1.807) is 12.3 Å². The third-order valence-corrected chi connectivity index (χ3v) is 1.62. The van der Waals surface area contributed by atoms with Crippen LogP contribution in [-0.2, 0) is 6.54 Å². The van der Waals surface area contributed by atoms with Crippen molar-refractivity contribution in [2.75, 3.05) is 12.3 Å². The van der Waals surface area contributed by atoms with Gasteiger partial charge in [-0.3, -0.25) is 4.57 Å². The number of nitrogens with two attached hydrogens (primary N) is 1. The highest BCUT2D eigenvalue weighted by Gasteiger charge is 1.96. The van der Waals surface area contributed by atoms with Crippen molar-refractivity contribution < 1.29 is 0 Å².